The maximum absolute atomic E-state index is 13.4. The van der Waals surface area contributed by atoms with Gasteiger partial charge in [-0.2, -0.15) is 0 Å². The van der Waals surface area contributed by atoms with Gasteiger partial charge >= 0.3 is 0 Å². The number of phenolic OH excluding ortho intramolecular Hbond substituents is 1. The van der Waals surface area contributed by atoms with Gasteiger partial charge in [0.25, 0.3) is 5.91 Å². The largest absolute Gasteiger partial charge is 0.504 e. The van der Waals surface area contributed by atoms with Gasteiger partial charge in [-0.25, -0.2) is 0 Å². The Morgan fingerprint density at radius 3 is 2.84 bits per heavy atom. The molecule has 0 unspecified atom stereocenters. The number of carbonyl (C=O) groups excluding carboxylic acids is 1. The average Bonchev–Trinajstić information content (AvgIpc) is 3.42. The maximum Gasteiger partial charge on any atom is 0.251 e. The zero-order chi connectivity index (χ0) is 24.2. The summed E-state index contributed by atoms with van der Waals surface area (Å²) in [7, 11) is 0. The minimum Gasteiger partial charge on any atom is -0.504 e. The van der Waals surface area contributed by atoms with Gasteiger partial charge in [-0.3, -0.25) is 9.69 Å². The van der Waals surface area contributed by atoms with Crippen LogP contribution in [0.15, 0.2) is 47.1 Å². The molecule has 0 radical (unpaired) electrons. The van der Waals surface area contributed by atoms with Crippen molar-refractivity contribution in [1.29, 1.82) is 0 Å². The molecule has 2 aliphatic heterocycles. The minimum atomic E-state index is -0.953. The second-order valence-electron chi connectivity index (χ2n) is 11.6. The number of ether oxygens (including phenoxy) is 1. The van der Waals surface area contributed by atoms with E-state index in [0.717, 1.165) is 48.4 Å². The molecule has 2 bridgehead atoms. The van der Waals surface area contributed by atoms with Crippen molar-refractivity contribution in [3.05, 3.63) is 59.4 Å². The molecule has 2 saturated carbocycles. The fraction of sp³-hybridized carbons (Fsp3) is 0.483. The molecule has 3 fully saturated rings. The van der Waals surface area contributed by atoms with Crippen molar-refractivity contribution >= 4 is 29.3 Å². The summed E-state index contributed by atoms with van der Waals surface area (Å²) in [4.78, 5) is 15.9. The van der Waals surface area contributed by atoms with Crippen LogP contribution in [0.25, 0.3) is 11.0 Å². The summed E-state index contributed by atoms with van der Waals surface area (Å²) in [5.41, 5.74) is 1.77. The summed E-state index contributed by atoms with van der Waals surface area (Å²) in [6.07, 6.45) is 6.49. The van der Waals surface area contributed by atoms with E-state index in [4.69, 9.17) is 9.15 Å². The van der Waals surface area contributed by atoms with Gasteiger partial charge in [0.1, 0.15) is 11.7 Å². The fourth-order valence-electron chi connectivity index (χ4n) is 7.98. The first-order valence-corrected chi connectivity index (χ1v) is 13.2. The monoisotopic (exact) mass is 522 g/mol. The third kappa shape index (κ3) is 3.05. The summed E-state index contributed by atoms with van der Waals surface area (Å²) < 4.78 is 12.0. The highest BCUT2D eigenvalue weighted by atomic mass is 35.5. The van der Waals surface area contributed by atoms with E-state index >= 15 is 0 Å². The lowest BCUT2D eigenvalue weighted by Crippen LogP contribution is -2.78. The van der Waals surface area contributed by atoms with E-state index in [1.807, 2.05) is 24.3 Å². The number of rotatable bonds is 4. The zero-order valence-electron chi connectivity index (χ0n) is 20.5. The van der Waals surface area contributed by atoms with Crippen LogP contribution >= 0.6 is 12.4 Å². The molecule has 3 N–H and O–H groups in total. The molecule has 2 aromatic carbocycles. The second-order valence-corrected chi connectivity index (χ2v) is 11.6. The van der Waals surface area contributed by atoms with Crippen LogP contribution in [0, 0.1) is 5.92 Å². The molecule has 3 aromatic rings. The van der Waals surface area contributed by atoms with E-state index in [9.17, 15) is 15.0 Å². The Kier molecular flexibility index (Phi) is 4.98. The molecule has 1 aromatic heterocycles. The first kappa shape index (κ1) is 23.4. The SMILES string of the molecule is Cl.O=C(N[C@@H]1CC[C@@]2(O)[C@H]3Cc4ccc(O)c5c4[C@@]2(CCN3CC2CC2)[C@H]1O5)c1ccc2ccoc2c1. The van der Waals surface area contributed by atoms with Crippen molar-refractivity contribution in [3.8, 4) is 11.5 Å². The molecule has 8 heteroatoms. The molecule has 37 heavy (non-hydrogen) atoms. The highest BCUT2D eigenvalue weighted by Crippen LogP contribution is 2.65. The van der Waals surface area contributed by atoms with Crippen molar-refractivity contribution in [2.24, 2.45) is 5.92 Å². The Morgan fingerprint density at radius 1 is 1.14 bits per heavy atom. The number of nitrogens with zero attached hydrogens (tertiary/aromatic N) is 1. The predicted molar refractivity (Wildman–Crippen MR) is 140 cm³/mol. The lowest BCUT2D eigenvalue weighted by atomic mass is 9.48. The number of hydrogen-bond donors (Lipinski definition) is 3. The van der Waals surface area contributed by atoms with E-state index in [2.05, 4.69) is 10.2 Å². The number of phenols is 1. The fourth-order valence-corrected chi connectivity index (χ4v) is 7.98. The van der Waals surface area contributed by atoms with Gasteiger partial charge in [0, 0.05) is 29.1 Å². The molecule has 1 spiro atoms. The molecule has 8 rings (SSSR count). The molecule has 3 heterocycles. The standard InChI is InChI=1S/C29H30N2O5.ClH/c32-21-6-5-18-14-23-29(34)9-7-20(30-27(33)19-4-3-17-8-12-35-22(17)13-19)26-28(29,24(18)25(21)36-26)10-11-31(23)15-16-1-2-16;/h3-6,8,12-13,16,20,23,26,32,34H,1-2,7,9-11,14-15H2,(H,30,33);1H/t20-,23-,26+,28+,29-;/m1./s1. The van der Waals surface area contributed by atoms with Gasteiger partial charge in [0.05, 0.1) is 23.3 Å². The topological polar surface area (TPSA) is 95.2 Å². The van der Waals surface area contributed by atoms with Crippen LogP contribution in [-0.2, 0) is 11.8 Å². The average molecular weight is 523 g/mol. The van der Waals surface area contributed by atoms with E-state index in [0.29, 0.717) is 29.7 Å². The number of amides is 1. The number of piperidine rings is 1. The summed E-state index contributed by atoms with van der Waals surface area (Å²) in [6.45, 7) is 1.94. The lowest BCUT2D eigenvalue weighted by Gasteiger charge is -2.64. The van der Waals surface area contributed by atoms with Gasteiger partial charge in [-0.15, -0.1) is 12.4 Å². The molecular formula is C29H31ClN2O5. The van der Waals surface area contributed by atoms with Crippen LogP contribution < -0.4 is 10.1 Å². The Labute approximate surface area is 221 Å². The lowest BCUT2D eigenvalue weighted by molar-refractivity contribution is -0.191. The molecule has 1 saturated heterocycles. The Morgan fingerprint density at radius 2 is 2.00 bits per heavy atom. The first-order valence-electron chi connectivity index (χ1n) is 13.2. The number of furan rings is 1. The van der Waals surface area contributed by atoms with Gasteiger partial charge in [0.2, 0.25) is 0 Å². The van der Waals surface area contributed by atoms with E-state index in [-0.39, 0.29) is 36.1 Å². The molecule has 194 valence electrons. The highest BCUT2D eigenvalue weighted by molar-refractivity contribution is 5.97. The van der Waals surface area contributed by atoms with Crippen LogP contribution in [-0.4, -0.2) is 57.9 Å². The summed E-state index contributed by atoms with van der Waals surface area (Å²) in [5, 5.41) is 27.5. The molecule has 5 aliphatic rings. The van der Waals surface area contributed by atoms with Crippen LogP contribution in [0.3, 0.4) is 0 Å². The van der Waals surface area contributed by atoms with Crippen LogP contribution in [0.4, 0.5) is 0 Å². The Bertz CT molecular complexity index is 1420. The van der Waals surface area contributed by atoms with Crippen molar-refractivity contribution < 1.29 is 24.2 Å². The zero-order valence-corrected chi connectivity index (χ0v) is 21.3. The number of benzene rings is 2. The van der Waals surface area contributed by atoms with E-state index < -0.39 is 17.1 Å². The number of aromatic hydroxyl groups is 1. The number of fused-ring (bicyclic) bond motifs is 1. The molecule has 5 atom stereocenters. The summed E-state index contributed by atoms with van der Waals surface area (Å²) >= 11 is 0. The van der Waals surface area contributed by atoms with Gasteiger partial charge in [-0.1, -0.05) is 12.1 Å². The van der Waals surface area contributed by atoms with Crippen LogP contribution in [0.1, 0.15) is 53.6 Å². The summed E-state index contributed by atoms with van der Waals surface area (Å²) in [6, 6.07) is 10.8. The molecule has 1 amide bonds. The normalized spacial score (nSPS) is 33.4. The summed E-state index contributed by atoms with van der Waals surface area (Å²) in [5.74, 6) is 1.19. The molecule has 3 aliphatic carbocycles. The van der Waals surface area contributed by atoms with Crippen molar-refractivity contribution in [1.82, 2.24) is 10.2 Å². The number of aliphatic hydroxyl groups is 1. The van der Waals surface area contributed by atoms with Crippen molar-refractivity contribution in [2.45, 2.75) is 67.7 Å². The highest BCUT2D eigenvalue weighted by Gasteiger charge is 2.73. The Hall–Kier alpha value is -2.74. The minimum absolute atomic E-state index is 0. The smallest absolute Gasteiger partial charge is 0.251 e. The van der Waals surface area contributed by atoms with Crippen LogP contribution in [0.5, 0.6) is 11.5 Å². The first-order chi connectivity index (χ1) is 17.5. The van der Waals surface area contributed by atoms with Gasteiger partial charge in [-0.05, 0) is 80.8 Å². The second kappa shape index (κ2) is 7.88. The number of hydrogen-bond acceptors (Lipinski definition) is 6. The molecular weight excluding hydrogens is 492 g/mol. The number of halogens is 1. The molecule has 7 nitrogen and oxygen atoms in total. The van der Waals surface area contributed by atoms with Gasteiger partial charge in [0.15, 0.2) is 11.5 Å². The van der Waals surface area contributed by atoms with Gasteiger partial charge < -0.3 is 24.7 Å². The maximum atomic E-state index is 13.4. The third-order valence-corrected chi connectivity index (χ3v) is 9.80. The van der Waals surface area contributed by atoms with Crippen molar-refractivity contribution in [3.63, 3.8) is 0 Å². The number of nitrogens with one attached hydrogen (secondary N) is 1. The predicted octanol–water partition coefficient (Wildman–Crippen LogP) is 3.92. The quantitative estimate of drug-likeness (QED) is 0.481. The van der Waals surface area contributed by atoms with E-state index in [1.54, 1.807) is 18.4 Å². The van der Waals surface area contributed by atoms with Crippen molar-refractivity contribution in [2.75, 3.05) is 13.1 Å². The van der Waals surface area contributed by atoms with E-state index in [1.165, 1.54) is 12.8 Å². The number of likely N-dealkylation sites (tertiary alicyclic amines) is 1. The van der Waals surface area contributed by atoms with Crippen LogP contribution in [0.2, 0.25) is 0 Å². The third-order valence-electron chi connectivity index (χ3n) is 9.80. The number of carbonyl (C=O) groups is 1. The Balaban J connectivity index is 0.00000231.